The van der Waals surface area contributed by atoms with E-state index in [1.165, 1.54) is 6.07 Å². The molecule has 1 fully saturated rings. The van der Waals surface area contributed by atoms with E-state index in [-0.39, 0.29) is 25.1 Å². The Bertz CT molecular complexity index is 843. The molecular weight excluding hydrogens is 356 g/mol. The molecule has 1 aliphatic heterocycles. The summed E-state index contributed by atoms with van der Waals surface area (Å²) in [5.41, 5.74) is 1.50. The van der Waals surface area contributed by atoms with Crippen molar-refractivity contribution in [2.24, 2.45) is 0 Å². The molecule has 2 aromatic carbocycles. The summed E-state index contributed by atoms with van der Waals surface area (Å²) in [6.45, 7) is 0.877. The molecule has 1 atom stereocenters. The highest BCUT2D eigenvalue weighted by Gasteiger charge is 2.26. The third-order valence-electron chi connectivity index (χ3n) is 4.29. The van der Waals surface area contributed by atoms with E-state index < -0.39 is 17.7 Å². The van der Waals surface area contributed by atoms with Gasteiger partial charge in [0.1, 0.15) is 6.10 Å². The molecule has 3 rings (SSSR count). The maximum atomic E-state index is 13.4. The standard InChI is InChI=1S/C19H19F2N3O3/c1-22-18(25)12-2-5-14(6-3-12)23-19(26)24-8-9-27-17(11-24)13-4-7-15(20)16(21)10-13/h2-7,10,17H,8-9,11H2,1H3,(H,22,25)(H,23,26)/t17-/m1/s1. The fourth-order valence-corrected chi connectivity index (χ4v) is 2.80. The summed E-state index contributed by atoms with van der Waals surface area (Å²) in [4.78, 5) is 25.6. The number of anilines is 1. The maximum Gasteiger partial charge on any atom is 0.322 e. The zero-order valence-corrected chi connectivity index (χ0v) is 14.7. The second kappa shape index (κ2) is 8.13. The Kier molecular flexibility index (Phi) is 5.66. The lowest BCUT2D eigenvalue weighted by atomic mass is 10.1. The van der Waals surface area contributed by atoms with Gasteiger partial charge in [-0.3, -0.25) is 4.79 Å². The normalized spacial score (nSPS) is 16.7. The molecule has 2 aromatic rings. The number of nitrogens with one attached hydrogen (secondary N) is 2. The van der Waals surface area contributed by atoms with Crippen LogP contribution in [0.25, 0.3) is 0 Å². The Labute approximate surface area is 155 Å². The summed E-state index contributed by atoms with van der Waals surface area (Å²) in [5.74, 6) is -2.09. The molecule has 3 amide bonds. The number of nitrogens with zero attached hydrogens (tertiary/aromatic N) is 1. The fourth-order valence-electron chi connectivity index (χ4n) is 2.80. The van der Waals surface area contributed by atoms with Gasteiger partial charge >= 0.3 is 6.03 Å². The minimum Gasteiger partial charge on any atom is -0.370 e. The van der Waals surface area contributed by atoms with E-state index in [0.717, 1.165) is 12.1 Å². The van der Waals surface area contributed by atoms with Crippen LogP contribution >= 0.6 is 0 Å². The van der Waals surface area contributed by atoms with Gasteiger partial charge in [0.2, 0.25) is 0 Å². The molecule has 0 aromatic heterocycles. The van der Waals surface area contributed by atoms with Crippen LogP contribution in [0.4, 0.5) is 19.3 Å². The lowest BCUT2D eigenvalue weighted by Gasteiger charge is -2.33. The van der Waals surface area contributed by atoms with Crippen LogP contribution in [0, 0.1) is 11.6 Å². The molecule has 0 spiro atoms. The Morgan fingerprint density at radius 2 is 1.85 bits per heavy atom. The van der Waals surface area contributed by atoms with Crippen molar-refractivity contribution in [3.8, 4) is 0 Å². The summed E-state index contributed by atoms with van der Waals surface area (Å²) < 4.78 is 32.1. The first kappa shape index (κ1) is 18.8. The Hall–Kier alpha value is -3.00. The predicted molar refractivity (Wildman–Crippen MR) is 95.5 cm³/mol. The van der Waals surface area contributed by atoms with E-state index in [0.29, 0.717) is 23.4 Å². The lowest BCUT2D eigenvalue weighted by molar-refractivity contribution is -0.0136. The van der Waals surface area contributed by atoms with Gasteiger partial charge < -0.3 is 20.3 Å². The second-order valence-corrected chi connectivity index (χ2v) is 6.07. The summed E-state index contributed by atoms with van der Waals surface area (Å²) in [6.07, 6.45) is -0.532. The average molecular weight is 375 g/mol. The van der Waals surface area contributed by atoms with Crippen LogP contribution in [-0.4, -0.2) is 43.6 Å². The second-order valence-electron chi connectivity index (χ2n) is 6.07. The summed E-state index contributed by atoms with van der Waals surface area (Å²) in [6, 6.07) is 9.72. The Morgan fingerprint density at radius 3 is 2.52 bits per heavy atom. The van der Waals surface area contributed by atoms with Gasteiger partial charge in [0.05, 0.1) is 13.2 Å². The number of hydrogen-bond acceptors (Lipinski definition) is 3. The fraction of sp³-hybridized carbons (Fsp3) is 0.263. The first-order valence-electron chi connectivity index (χ1n) is 8.42. The van der Waals surface area contributed by atoms with Crippen molar-refractivity contribution in [1.82, 2.24) is 10.2 Å². The smallest absolute Gasteiger partial charge is 0.322 e. The van der Waals surface area contributed by atoms with Gasteiger partial charge in [0.15, 0.2) is 11.6 Å². The number of carbonyl (C=O) groups is 2. The quantitative estimate of drug-likeness (QED) is 0.867. The van der Waals surface area contributed by atoms with E-state index in [9.17, 15) is 18.4 Å². The number of hydrogen-bond donors (Lipinski definition) is 2. The molecule has 6 nitrogen and oxygen atoms in total. The van der Waals surface area contributed by atoms with E-state index in [2.05, 4.69) is 10.6 Å². The number of halogens is 2. The molecule has 2 N–H and O–H groups in total. The van der Waals surface area contributed by atoms with Crippen molar-refractivity contribution >= 4 is 17.6 Å². The molecular formula is C19H19F2N3O3. The average Bonchev–Trinajstić information content (AvgIpc) is 2.70. The topological polar surface area (TPSA) is 70.7 Å². The molecule has 142 valence electrons. The van der Waals surface area contributed by atoms with Gasteiger partial charge in [-0.25, -0.2) is 13.6 Å². The van der Waals surface area contributed by atoms with E-state index in [1.807, 2.05) is 0 Å². The molecule has 8 heteroatoms. The van der Waals surface area contributed by atoms with Crippen LogP contribution in [0.15, 0.2) is 42.5 Å². The number of rotatable bonds is 3. The predicted octanol–water partition coefficient (Wildman–Crippen LogP) is 2.93. The highest BCUT2D eigenvalue weighted by molar-refractivity contribution is 5.95. The minimum absolute atomic E-state index is 0.213. The molecule has 0 bridgehead atoms. The van der Waals surface area contributed by atoms with Crippen LogP contribution in [0.1, 0.15) is 22.0 Å². The van der Waals surface area contributed by atoms with Crippen LogP contribution in [0.2, 0.25) is 0 Å². The lowest BCUT2D eigenvalue weighted by Crippen LogP contribution is -2.44. The SMILES string of the molecule is CNC(=O)c1ccc(NC(=O)N2CCO[C@@H](c3ccc(F)c(F)c3)C2)cc1. The zero-order chi connectivity index (χ0) is 19.4. The number of ether oxygens (including phenoxy) is 1. The minimum atomic E-state index is -0.950. The van der Waals surface area contributed by atoms with Crippen molar-refractivity contribution in [1.29, 1.82) is 0 Å². The highest BCUT2D eigenvalue weighted by atomic mass is 19.2. The summed E-state index contributed by atoms with van der Waals surface area (Å²) in [5, 5.41) is 5.28. The van der Waals surface area contributed by atoms with Gasteiger partial charge in [-0.05, 0) is 42.0 Å². The number of benzene rings is 2. The van der Waals surface area contributed by atoms with Gasteiger partial charge in [0.25, 0.3) is 5.91 Å². The van der Waals surface area contributed by atoms with E-state index in [1.54, 1.807) is 36.2 Å². The van der Waals surface area contributed by atoms with Crippen LogP contribution in [0.3, 0.4) is 0 Å². The number of morpholine rings is 1. The first-order valence-corrected chi connectivity index (χ1v) is 8.42. The monoisotopic (exact) mass is 375 g/mol. The Balaban J connectivity index is 1.64. The molecule has 0 aliphatic carbocycles. The molecule has 0 radical (unpaired) electrons. The summed E-state index contributed by atoms with van der Waals surface area (Å²) in [7, 11) is 1.54. The number of amides is 3. The van der Waals surface area contributed by atoms with E-state index in [4.69, 9.17) is 4.74 Å². The third kappa shape index (κ3) is 4.40. The Morgan fingerprint density at radius 1 is 1.11 bits per heavy atom. The number of urea groups is 1. The van der Waals surface area contributed by atoms with Gasteiger partial charge in [-0.1, -0.05) is 6.07 Å². The van der Waals surface area contributed by atoms with Gasteiger partial charge in [0, 0.05) is 24.8 Å². The molecule has 1 aliphatic rings. The van der Waals surface area contributed by atoms with Crippen molar-refractivity contribution in [3.05, 3.63) is 65.2 Å². The molecule has 0 unspecified atom stereocenters. The highest BCUT2D eigenvalue weighted by Crippen LogP contribution is 2.24. The van der Waals surface area contributed by atoms with Crippen molar-refractivity contribution in [2.45, 2.75) is 6.10 Å². The summed E-state index contributed by atoms with van der Waals surface area (Å²) >= 11 is 0. The van der Waals surface area contributed by atoms with Crippen molar-refractivity contribution < 1.29 is 23.1 Å². The van der Waals surface area contributed by atoms with Crippen LogP contribution in [0.5, 0.6) is 0 Å². The number of carbonyl (C=O) groups excluding carboxylic acids is 2. The maximum absolute atomic E-state index is 13.4. The molecule has 27 heavy (non-hydrogen) atoms. The third-order valence-corrected chi connectivity index (χ3v) is 4.29. The largest absolute Gasteiger partial charge is 0.370 e. The molecule has 1 heterocycles. The first-order chi connectivity index (χ1) is 13.0. The van der Waals surface area contributed by atoms with Crippen LogP contribution < -0.4 is 10.6 Å². The van der Waals surface area contributed by atoms with Crippen LogP contribution in [-0.2, 0) is 4.74 Å². The van der Waals surface area contributed by atoms with Gasteiger partial charge in [-0.2, -0.15) is 0 Å². The van der Waals surface area contributed by atoms with Gasteiger partial charge in [-0.15, -0.1) is 0 Å². The van der Waals surface area contributed by atoms with Crippen molar-refractivity contribution in [2.75, 3.05) is 32.1 Å². The zero-order valence-electron chi connectivity index (χ0n) is 14.7. The van der Waals surface area contributed by atoms with E-state index >= 15 is 0 Å². The van der Waals surface area contributed by atoms with Crippen molar-refractivity contribution in [3.63, 3.8) is 0 Å². The molecule has 1 saturated heterocycles. The molecule has 0 saturated carbocycles.